The van der Waals surface area contributed by atoms with E-state index in [1.807, 2.05) is 12.2 Å². The van der Waals surface area contributed by atoms with Gasteiger partial charge in [0.2, 0.25) is 0 Å². The van der Waals surface area contributed by atoms with Crippen molar-refractivity contribution in [3.8, 4) is 0 Å². The second kappa shape index (κ2) is 3.42. The Hall–Kier alpha value is -0.980. The molecule has 0 radical (unpaired) electrons. The smallest absolute Gasteiger partial charge is 0.0328 e. The first-order valence-electron chi connectivity index (χ1n) is 3.98. The van der Waals surface area contributed by atoms with Crippen LogP contribution in [0.4, 0.5) is 0 Å². The van der Waals surface area contributed by atoms with Gasteiger partial charge in [-0.05, 0) is 13.8 Å². The molecule has 60 valence electrons. The van der Waals surface area contributed by atoms with Gasteiger partial charge in [-0.1, -0.05) is 30.9 Å². The SMILES string of the molecule is C=C/C=C\C1C=C(C)NC1C. The lowest BCUT2D eigenvalue weighted by Crippen LogP contribution is -2.22. The fourth-order valence-corrected chi connectivity index (χ4v) is 1.37. The third-order valence-corrected chi connectivity index (χ3v) is 1.94. The third kappa shape index (κ3) is 1.97. The minimum absolute atomic E-state index is 0.534. The van der Waals surface area contributed by atoms with E-state index in [0.29, 0.717) is 12.0 Å². The van der Waals surface area contributed by atoms with Crippen LogP contribution >= 0.6 is 0 Å². The Balaban J connectivity index is 2.58. The van der Waals surface area contributed by atoms with Gasteiger partial charge in [-0.25, -0.2) is 0 Å². The molecule has 1 N–H and O–H groups in total. The van der Waals surface area contributed by atoms with Crippen LogP contribution in [-0.4, -0.2) is 6.04 Å². The first-order valence-corrected chi connectivity index (χ1v) is 3.98. The topological polar surface area (TPSA) is 12.0 Å². The lowest BCUT2D eigenvalue weighted by Gasteiger charge is -2.10. The summed E-state index contributed by atoms with van der Waals surface area (Å²) in [5, 5.41) is 3.35. The summed E-state index contributed by atoms with van der Waals surface area (Å²) in [5.41, 5.74) is 1.27. The van der Waals surface area contributed by atoms with Gasteiger partial charge in [-0.2, -0.15) is 0 Å². The fourth-order valence-electron chi connectivity index (χ4n) is 1.37. The largest absolute Gasteiger partial charge is 0.385 e. The molecular formula is C10H15N. The van der Waals surface area contributed by atoms with Crippen LogP contribution in [0.25, 0.3) is 0 Å². The van der Waals surface area contributed by atoms with E-state index in [4.69, 9.17) is 0 Å². The zero-order valence-electron chi connectivity index (χ0n) is 7.17. The van der Waals surface area contributed by atoms with E-state index < -0.39 is 0 Å². The highest BCUT2D eigenvalue weighted by atomic mass is 14.9. The van der Waals surface area contributed by atoms with Crippen molar-refractivity contribution in [2.75, 3.05) is 0 Å². The number of nitrogens with one attached hydrogen (secondary N) is 1. The van der Waals surface area contributed by atoms with Crippen molar-refractivity contribution in [1.29, 1.82) is 0 Å². The predicted octanol–water partition coefficient (Wildman–Crippen LogP) is 2.24. The van der Waals surface area contributed by atoms with Crippen LogP contribution in [0.1, 0.15) is 13.8 Å². The summed E-state index contributed by atoms with van der Waals surface area (Å²) < 4.78 is 0. The molecule has 1 nitrogen and oxygen atoms in total. The van der Waals surface area contributed by atoms with Gasteiger partial charge in [-0.15, -0.1) is 0 Å². The van der Waals surface area contributed by atoms with E-state index >= 15 is 0 Å². The average Bonchev–Trinajstić information content (AvgIpc) is 2.26. The molecule has 1 rings (SSSR count). The summed E-state index contributed by atoms with van der Waals surface area (Å²) in [7, 11) is 0. The molecule has 0 aromatic carbocycles. The fraction of sp³-hybridized carbons (Fsp3) is 0.400. The first-order chi connectivity index (χ1) is 5.24. The normalized spacial score (nSPS) is 30.2. The van der Waals surface area contributed by atoms with Crippen LogP contribution in [-0.2, 0) is 0 Å². The summed E-state index contributed by atoms with van der Waals surface area (Å²) >= 11 is 0. The van der Waals surface area contributed by atoms with Crippen LogP contribution < -0.4 is 5.32 Å². The van der Waals surface area contributed by atoms with E-state index in [0.717, 1.165) is 0 Å². The number of rotatable bonds is 2. The quantitative estimate of drug-likeness (QED) is 0.594. The summed E-state index contributed by atoms with van der Waals surface area (Å²) in [6.07, 6.45) is 8.22. The second-order valence-electron chi connectivity index (χ2n) is 2.98. The molecule has 2 unspecified atom stereocenters. The zero-order chi connectivity index (χ0) is 8.27. The predicted molar refractivity (Wildman–Crippen MR) is 49.2 cm³/mol. The average molecular weight is 149 g/mol. The summed E-state index contributed by atoms with van der Waals surface area (Å²) in [6, 6.07) is 0.534. The zero-order valence-corrected chi connectivity index (χ0v) is 7.17. The van der Waals surface area contributed by atoms with Gasteiger partial charge < -0.3 is 5.32 Å². The van der Waals surface area contributed by atoms with Crippen LogP contribution in [0.15, 0.2) is 36.6 Å². The van der Waals surface area contributed by atoms with Crippen molar-refractivity contribution < 1.29 is 0 Å². The van der Waals surface area contributed by atoms with Crippen molar-refractivity contribution >= 4 is 0 Å². The molecular weight excluding hydrogens is 134 g/mol. The van der Waals surface area contributed by atoms with E-state index in [2.05, 4.69) is 37.9 Å². The van der Waals surface area contributed by atoms with Gasteiger partial charge in [0, 0.05) is 17.7 Å². The van der Waals surface area contributed by atoms with E-state index in [1.165, 1.54) is 5.70 Å². The monoisotopic (exact) mass is 149 g/mol. The molecule has 0 bridgehead atoms. The van der Waals surface area contributed by atoms with Crippen LogP contribution in [0.3, 0.4) is 0 Å². The second-order valence-corrected chi connectivity index (χ2v) is 2.98. The Morgan fingerprint density at radius 1 is 1.64 bits per heavy atom. The van der Waals surface area contributed by atoms with E-state index in [1.54, 1.807) is 0 Å². The Morgan fingerprint density at radius 3 is 2.82 bits per heavy atom. The molecule has 0 aromatic heterocycles. The summed E-state index contributed by atoms with van der Waals surface area (Å²) in [5.74, 6) is 0.535. The van der Waals surface area contributed by atoms with E-state index in [9.17, 15) is 0 Å². The molecule has 0 spiro atoms. The minimum atomic E-state index is 0.534. The lowest BCUT2D eigenvalue weighted by atomic mass is 10.0. The van der Waals surface area contributed by atoms with Gasteiger partial charge in [0.25, 0.3) is 0 Å². The van der Waals surface area contributed by atoms with Gasteiger partial charge in [0.1, 0.15) is 0 Å². The van der Waals surface area contributed by atoms with Crippen LogP contribution in [0.5, 0.6) is 0 Å². The first kappa shape index (κ1) is 8.12. The van der Waals surface area contributed by atoms with Gasteiger partial charge in [0.15, 0.2) is 0 Å². The molecule has 1 heterocycles. The highest BCUT2D eigenvalue weighted by Crippen LogP contribution is 2.17. The molecule has 0 aromatic rings. The Kier molecular flexibility index (Phi) is 2.53. The van der Waals surface area contributed by atoms with Crippen molar-refractivity contribution in [2.45, 2.75) is 19.9 Å². The molecule has 0 aliphatic carbocycles. The maximum Gasteiger partial charge on any atom is 0.0328 e. The Labute approximate surface area is 68.5 Å². The highest BCUT2D eigenvalue weighted by Gasteiger charge is 2.17. The molecule has 0 saturated carbocycles. The molecule has 1 aliphatic heterocycles. The molecule has 11 heavy (non-hydrogen) atoms. The minimum Gasteiger partial charge on any atom is -0.385 e. The van der Waals surface area contributed by atoms with Gasteiger partial charge in [0.05, 0.1) is 0 Å². The molecule has 1 aliphatic rings. The highest BCUT2D eigenvalue weighted by molar-refractivity contribution is 5.18. The lowest BCUT2D eigenvalue weighted by molar-refractivity contribution is 0.588. The Bertz CT molecular complexity index is 201. The molecule has 0 saturated heterocycles. The number of hydrogen-bond donors (Lipinski definition) is 1. The van der Waals surface area contributed by atoms with E-state index in [-0.39, 0.29) is 0 Å². The summed E-state index contributed by atoms with van der Waals surface area (Å²) in [4.78, 5) is 0. The van der Waals surface area contributed by atoms with Crippen molar-refractivity contribution in [3.63, 3.8) is 0 Å². The van der Waals surface area contributed by atoms with Crippen LogP contribution in [0, 0.1) is 5.92 Å². The van der Waals surface area contributed by atoms with Crippen molar-refractivity contribution in [1.82, 2.24) is 5.32 Å². The Morgan fingerprint density at radius 2 is 2.36 bits per heavy atom. The maximum absolute atomic E-state index is 3.64. The third-order valence-electron chi connectivity index (χ3n) is 1.94. The maximum atomic E-state index is 3.64. The number of hydrogen-bond acceptors (Lipinski definition) is 1. The van der Waals surface area contributed by atoms with Crippen molar-refractivity contribution in [2.24, 2.45) is 5.92 Å². The van der Waals surface area contributed by atoms with Crippen LogP contribution in [0.2, 0.25) is 0 Å². The molecule has 2 atom stereocenters. The van der Waals surface area contributed by atoms with Gasteiger partial charge in [-0.3, -0.25) is 0 Å². The van der Waals surface area contributed by atoms with Crippen molar-refractivity contribution in [3.05, 3.63) is 36.6 Å². The summed E-state index contributed by atoms with van der Waals surface area (Å²) in [6.45, 7) is 7.92. The molecule has 1 heteroatoms. The van der Waals surface area contributed by atoms with Gasteiger partial charge >= 0.3 is 0 Å². The number of allylic oxidation sites excluding steroid dienone is 3. The standard InChI is InChI=1S/C10H15N/c1-4-5-6-10-7-8(2)11-9(10)3/h4-7,9-11H,1H2,2-3H3/b6-5-. The molecule has 0 amide bonds. The molecule has 0 fully saturated rings.